The molecule has 3 aromatic rings. The predicted molar refractivity (Wildman–Crippen MR) is 114 cm³/mol. The van der Waals surface area contributed by atoms with Gasteiger partial charge < -0.3 is 9.47 Å². The Balaban J connectivity index is 1.51. The molecule has 0 radical (unpaired) electrons. The summed E-state index contributed by atoms with van der Waals surface area (Å²) in [6, 6.07) is 23.0. The van der Waals surface area contributed by atoms with Gasteiger partial charge in [-0.05, 0) is 36.8 Å². The smallest absolute Gasteiger partial charge is 0.270 e. The molecular weight excluding hydrogens is 394 g/mol. The molecule has 1 atom stereocenters. The number of fused-ring (bicyclic) bond motifs is 1. The summed E-state index contributed by atoms with van der Waals surface area (Å²) in [5, 5.41) is 0. The molecular formula is C25H21NO5. The number of hydrogen-bond acceptors (Lipinski definition) is 5. The maximum absolute atomic E-state index is 12.9. The van der Waals surface area contributed by atoms with Gasteiger partial charge in [-0.1, -0.05) is 54.6 Å². The van der Waals surface area contributed by atoms with E-state index >= 15 is 0 Å². The van der Waals surface area contributed by atoms with Crippen molar-refractivity contribution in [2.24, 2.45) is 0 Å². The fourth-order valence-corrected chi connectivity index (χ4v) is 3.34. The predicted octanol–water partition coefficient (Wildman–Crippen LogP) is 3.90. The standard InChI is InChI=1S/C25H21NO5/c1-17-24(28)26(25(29)21-12-5-6-13-23(21)31-17)15-22(27)19-10-7-11-20(14-19)30-16-18-8-3-2-4-9-18/h2-14,17H,15-16H2,1H3/t17-/m0/s1. The zero-order chi connectivity index (χ0) is 21.8. The van der Waals surface area contributed by atoms with Crippen LogP contribution < -0.4 is 9.47 Å². The maximum Gasteiger partial charge on any atom is 0.270 e. The zero-order valence-corrected chi connectivity index (χ0v) is 17.0. The molecule has 1 heterocycles. The number of ether oxygens (including phenoxy) is 2. The van der Waals surface area contributed by atoms with Gasteiger partial charge in [0.25, 0.3) is 11.8 Å². The van der Waals surface area contributed by atoms with Crippen LogP contribution >= 0.6 is 0 Å². The first-order valence-electron chi connectivity index (χ1n) is 9.94. The third-order valence-electron chi connectivity index (χ3n) is 4.99. The maximum atomic E-state index is 12.9. The summed E-state index contributed by atoms with van der Waals surface area (Å²) in [6.07, 6.45) is -0.874. The van der Waals surface area contributed by atoms with E-state index in [0.717, 1.165) is 10.5 Å². The Bertz CT molecular complexity index is 1130. The Kier molecular flexibility index (Phi) is 5.80. The number of rotatable bonds is 6. The van der Waals surface area contributed by atoms with Gasteiger partial charge in [0.1, 0.15) is 18.1 Å². The molecule has 6 nitrogen and oxygen atoms in total. The summed E-state index contributed by atoms with van der Waals surface area (Å²) < 4.78 is 11.4. The molecule has 4 rings (SSSR count). The Morgan fingerprint density at radius 3 is 2.52 bits per heavy atom. The van der Waals surface area contributed by atoms with Crippen molar-refractivity contribution in [2.45, 2.75) is 19.6 Å². The lowest BCUT2D eigenvalue weighted by atomic mass is 10.1. The second-order valence-electron chi connectivity index (χ2n) is 7.21. The highest BCUT2D eigenvalue weighted by molar-refractivity contribution is 6.12. The Morgan fingerprint density at radius 1 is 0.968 bits per heavy atom. The minimum absolute atomic E-state index is 0.257. The van der Waals surface area contributed by atoms with Gasteiger partial charge in [-0.3, -0.25) is 19.3 Å². The number of carbonyl (C=O) groups excluding carboxylic acids is 3. The van der Waals surface area contributed by atoms with Crippen molar-refractivity contribution in [3.63, 3.8) is 0 Å². The van der Waals surface area contributed by atoms with Crippen molar-refractivity contribution in [1.82, 2.24) is 4.90 Å². The van der Waals surface area contributed by atoms with Gasteiger partial charge in [0.2, 0.25) is 0 Å². The summed E-state index contributed by atoms with van der Waals surface area (Å²) in [4.78, 5) is 39.5. The normalized spacial score (nSPS) is 15.6. The van der Waals surface area contributed by atoms with Crippen molar-refractivity contribution >= 4 is 17.6 Å². The van der Waals surface area contributed by atoms with Gasteiger partial charge in [0, 0.05) is 5.56 Å². The van der Waals surface area contributed by atoms with E-state index in [1.165, 1.54) is 0 Å². The zero-order valence-electron chi connectivity index (χ0n) is 17.0. The van der Waals surface area contributed by atoms with Crippen molar-refractivity contribution in [3.05, 3.63) is 95.6 Å². The summed E-state index contributed by atoms with van der Waals surface area (Å²) >= 11 is 0. The lowest BCUT2D eigenvalue weighted by molar-refractivity contribution is -0.134. The van der Waals surface area contributed by atoms with Crippen LogP contribution in [-0.4, -0.2) is 35.1 Å². The van der Waals surface area contributed by atoms with E-state index in [2.05, 4.69) is 0 Å². The number of ketones is 1. The molecule has 0 saturated heterocycles. The summed E-state index contributed by atoms with van der Waals surface area (Å²) in [6.45, 7) is 1.56. The summed E-state index contributed by atoms with van der Waals surface area (Å²) in [5.41, 5.74) is 1.62. The van der Waals surface area contributed by atoms with Crippen LogP contribution in [0.1, 0.15) is 33.2 Å². The third-order valence-corrected chi connectivity index (χ3v) is 4.99. The minimum Gasteiger partial charge on any atom is -0.489 e. The van der Waals surface area contributed by atoms with Crippen LogP contribution in [0.15, 0.2) is 78.9 Å². The molecule has 0 unspecified atom stereocenters. The Morgan fingerprint density at radius 2 is 1.71 bits per heavy atom. The lowest BCUT2D eigenvalue weighted by Crippen LogP contribution is -2.44. The molecule has 0 saturated carbocycles. The molecule has 0 aromatic heterocycles. The highest BCUT2D eigenvalue weighted by Gasteiger charge is 2.35. The number of para-hydroxylation sites is 1. The number of Topliss-reactive ketones (excluding diaryl/α,β-unsaturated/α-hetero) is 1. The van der Waals surface area contributed by atoms with E-state index in [1.54, 1.807) is 55.5 Å². The van der Waals surface area contributed by atoms with Crippen LogP contribution in [0.5, 0.6) is 11.5 Å². The van der Waals surface area contributed by atoms with Crippen molar-refractivity contribution in [2.75, 3.05) is 6.54 Å². The highest BCUT2D eigenvalue weighted by atomic mass is 16.5. The summed E-state index contributed by atoms with van der Waals surface area (Å²) in [7, 11) is 0. The first-order valence-corrected chi connectivity index (χ1v) is 9.94. The van der Waals surface area contributed by atoms with Gasteiger partial charge in [0.05, 0.1) is 12.1 Å². The van der Waals surface area contributed by atoms with E-state index in [9.17, 15) is 14.4 Å². The van der Waals surface area contributed by atoms with Crippen LogP contribution in [-0.2, 0) is 11.4 Å². The first-order chi connectivity index (χ1) is 15.0. The monoisotopic (exact) mass is 415 g/mol. The van der Waals surface area contributed by atoms with Crippen molar-refractivity contribution < 1.29 is 23.9 Å². The van der Waals surface area contributed by atoms with E-state index in [-0.39, 0.29) is 17.9 Å². The van der Waals surface area contributed by atoms with Crippen LogP contribution in [0.3, 0.4) is 0 Å². The molecule has 1 aliphatic heterocycles. The highest BCUT2D eigenvalue weighted by Crippen LogP contribution is 2.26. The van der Waals surface area contributed by atoms with Crippen molar-refractivity contribution in [3.8, 4) is 11.5 Å². The van der Waals surface area contributed by atoms with Gasteiger partial charge in [-0.2, -0.15) is 0 Å². The number of benzene rings is 3. The van der Waals surface area contributed by atoms with Gasteiger partial charge in [-0.15, -0.1) is 0 Å². The SMILES string of the molecule is C[C@@H]1Oc2ccccc2C(=O)N(CC(=O)c2cccc(OCc3ccccc3)c2)C1=O. The number of amides is 2. The Hall–Kier alpha value is -3.93. The molecule has 3 aromatic carbocycles. The second kappa shape index (κ2) is 8.83. The average Bonchev–Trinajstić information content (AvgIpc) is 2.89. The minimum atomic E-state index is -0.874. The average molecular weight is 415 g/mol. The lowest BCUT2D eigenvalue weighted by Gasteiger charge is -2.19. The second-order valence-corrected chi connectivity index (χ2v) is 7.21. The molecule has 0 aliphatic carbocycles. The molecule has 0 fully saturated rings. The molecule has 6 heteroatoms. The van der Waals surface area contributed by atoms with Gasteiger partial charge in [-0.25, -0.2) is 0 Å². The van der Waals surface area contributed by atoms with E-state index in [0.29, 0.717) is 23.7 Å². The number of nitrogens with zero attached hydrogens (tertiary/aromatic N) is 1. The fraction of sp³-hybridized carbons (Fsp3) is 0.160. The quantitative estimate of drug-likeness (QED) is 0.451. The van der Waals surface area contributed by atoms with Crippen molar-refractivity contribution in [1.29, 1.82) is 0 Å². The van der Waals surface area contributed by atoms with Gasteiger partial charge >= 0.3 is 0 Å². The molecule has 0 N–H and O–H groups in total. The third kappa shape index (κ3) is 4.48. The van der Waals surface area contributed by atoms with Crippen LogP contribution in [0.4, 0.5) is 0 Å². The van der Waals surface area contributed by atoms with Crippen LogP contribution in [0.25, 0.3) is 0 Å². The van der Waals surface area contributed by atoms with E-state index < -0.39 is 17.9 Å². The van der Waals surface area contributed by atoms with Gasteiger partial charge in [0.15, 0.2) is 11.9 Å². The van der Waals surface area contributed by atoms with E-state index in [4.69, 9.17) is 9.47 Å². The van der Waals surface area contributed by atoms with Crippen LogP contribution in [0.2, 0.25) is 0 Å². The number of imide groups is 1. The number of carbonyl (C=O) groups is 3. The molecule has 156 valence electrons. The van der Waals surface area contributed by atoms with Crippen LogP contribution in [0, 0.1) is 0 Å². The molecule has 2 amide bonds. The molecule has 0 bridgehead atoms. The molecule has 0 spiro atoms. The molecule has 1 aliphatic rings. The first kappa shape index (κ1) is 20.3. The van der Waals surface area contributed by atoms with E-state index in [1.807, 2.05) is 30.3 Å². The largest absolute Gasteiger partial charge is 0.489 e. The summed E-state index contributed by atoms with van der Waals surface area (Å²) in [5.74, 6) is -0.593. The fourth-order valence-electron chi connectivity index (χ4n) is 3.34. The number of hydrogen-bond donors (Lipinski definition) is 0. The molecule has 31 heavy (non-hydrogen) atoms. The topological polar surface area (TPSA) is 72.9 Å². The Labute approximate surface area is 180 Å².